The van der Waals surface area contributed by atoms with Crippen molar-refractivity contribution in [1.29, 1.82) is 0 Å². The third kappa shape index (κ3) is 3.61. The summed E-state index contributed by atoms with van der Waals surface area (Å²) in [5, 5.41) is 10.8. The molecule has 0 saturated heterocycles. The van der Waals surface area contributed by atoms with E-state index in [0.29, 0.717) is 6.54 Å². The number of para-hydroxylation sites is 1. The van der Waals surface area contributed by atoms with Crippen molar-refractivity contribution in [2.45, 2.75) is 25.9 Å². The molecule has 9 heteroatoms. The second kappa shape index (κ2) is 7.81. The number of anilines is 1. The molecule has 1 aliphatic rings. The van der Waals surface area contributed by atoms with Gasteiger partial charge in [-0.25, -0.2) is 9.78 Å². The van der Waals surface area contributed by atoms with E-state index in [1.165, 1.54) is 11.3 Å². The van der Waals surface area contributed by atoms with E-state index in [4.69, 9.17) is 4.74 Å². The number of fused-ring (bicyclic) bond motifs is 1. The zero-order valence-electron chi connectivity index (χ0n) is 15.2. The molecule has 0 bridgehead atoms. The van der Waals surface area contributed by atoms with E-state index in [2.05, 4.69) is 15.4 Å². The Balaban J connectivity index is 1.49. The summed E-state index contributed by atoms with van der Waals surface area (Å²) in [7, 11) is 0. The van der Waals surface area contributed by atoms with Gasteiger partial charge in [0.05, 0.1) is 24.5 Å². The topological polar surface area (TPSA) is 88.3 Å². The van der Waals surface area contributed by atoms with Gasteiger partial charge < -0.3 is 10.1 Å². The summed E-state index contributed by atoms with van der Waals surface area (Å²) >= 11 is 1.53. The van der Waals surface area contributed by atoms with Gasteiger partial charge in [0.1, 0.15) is 11.8 Å². The van der Waals surface area contributed by atoms with Gasteiger partial charge in [-0.05, 0) is 19.1 Å². The smallest absolute Gasteiger partial charge is 0.354 e. The lowest BCUT2D eigenvalue weighted by atomic mass is 10.1. The Bertz CT molecular complexity index is 998. The molecule has 3 aromatic rings. The normalized spacial score (nSPS) is 16.2. The van der Waals surface area contributed by atoms with Crippen LogP contribution in [0.5, 0.6) is 0 Å². The summed E-state index contributed by atoms with van der Waals surface area (Å²) in [5.41, 5.74) is 1.76. The Morgan fingerprint density at radius 1 is 1.32 bits per heavy atom. The van der Waals surface area contributed by atoms with Crippen molar-refractivity contribution < 1.29 is 14.3 Å². The van der Waals surface area contributed by atoms with Crippen LogP contribution in [-0.2, 0) is 20.9 Å². The van der Waals surface area contributed by atoms with E-state index in [-0.39, 0.29) is 24.6 Å². The van der Waals surface area contributed by atoms with Gasteiger partial charge in [-0.1, -0.05) is 18.2 Å². The van der Waals surface area contributed by atoms with Crippen LogP contribution in [0.4, 0.5) is 5.69 Å². The fourth-order valence-corrected chi connectivity index (χ4v) is 3.75. The van der Waals surface area contributed by atoms with Crippen molar-refractivity contribution in [3.63, 3.8) is 0 Å². The van der Waals surface area contributed by atoms with Gasteiger partial charge >= 0.3 is 5.97 Å². The molecule has 0 unspecified atom stereocenters. The van der Waals surface area contributed by atoms with Gasteiger partial charge in [-0.15, -0.1) is 11.3 Å². The van der Waals surface area contributed by atoms with E-state index in [1.54, 1.807) is 11.9 Å². The maximum absolute atomic E-state index is 12.9. The lowest BCUT2D eigenvalue weighted by Gasteiger charge is -2.22. The average molecular weight is 397 g/mol. The van der Waals surface area contributed by atoms with E-state index in [9.17, 15) is 9.59 Å². The molecule has 0 radical (unpaired) electrons. The third-order valence-corrected chi connectivity index (χ3v) is 5.10. The highest BCUT2D eigenvalue weighted by Crippen LogP contribution is 2.25. The Morgan fingerprint density at radius 2 is 2.14 bits per heavy atom. The molecular weight excluding hydrogens is 378 g/mol. The number of nitrogens with one attached hydrogen (secondary N) is 1. The minimum absolute atomic E-state index is 0.192. The molecule has 2 aromatic heterocycles. The number of esters is 1. The molecule has 3 heterocycles. The molecular formula is C19H19N5O3S. The number of amides is 1. The fourth-order valence-electron chi connectivity index (χ4n) is 3.03. The van der Waals surface area contributed by atoms with Gasteiger partial charge in [-0.3, -0.25) is 14.2 Å². The van der Waals surface area contributed by atoms with Gasteiger partial charge in [0.25, 0.3) is 0 Å². The van der Waals surface area contributed by atoms with Crippen molar-refractivity contribution in [1.82, 2.24) is 14.7 Å². The number of hydrazone groups is 1. The highest BCUT2D eigenvalue weighted by Gasteiger charge is 2.36. The first-order chi connectivity index (χ1) is 13.7. The van der Waals surface area contributed by atoms with Crippen LogP contribution in [0.3, 0.4) is 0 Å². The monoisotopic (exact) mass is 397 g/mol. The Kier molecular flexibility index (Phi) is 5.07. The third-order valence-electron chi connectivity index (χ3n) is 4.33. The summed E-state index contributed by atoms with van der Waals surface area (Å²) in [6.45, 7) is 2.31. The Hall–Kier alpha value is -3.20. The number of imidazole rings is 1. The fraction of sp³-hybridized carbons (Fsp3) is 0.263. The Morgan fingerprint density at radius 3 is 2.89 bits per heavy atom. The molecule has 1 amide bonds. The van der Waals surface area contributed by atoms with Crippen LogP contribution >= 0.6 is 11.3 Å². The highest BCUT2D eigenvalue weighted by molar-refractivity contribution is 7.15. The van der Waals surface area contributed by atoms with Crippen molar-refractivity contribution in [2.75, 3.05) is 11.6 Å². The largest absolute Gasteiger partial charge is 0.461 e. The predicted molar refractivity (Wildman–Crippen MR) is 106 cm³/mol. The number of carbonyl (C=O) groups excluding carboxylic acids is 2. The van der Waals surface area contributed by atoms with E-state index < -0.39 is 12.0 Å². The summed E-state index contributed by atoms with van der Waals surface area (Å²) in [5.74, 6) is -0.712. The molecule has 8 nitrogen and oxygen atoms in total. The number of ether oxygens (including phenoxy) is 1. The number of hydrogen-bond acceptors (Lipinski definition) is 7. The highest BCUT2D eigenvalue weighted by atomic mass is 32.1. The molecule has 1 N–H and O–H groups in total. The number of thiazole rings is 1. The first-order valence-corrected chi connectivity index (χ1v) is 9.81. The SMILES string of the molecule is CCOC(=O)C1=NN(c2ccccc2)[C@@H](C(=O)NCc2cn3ccsc3n2)C1. The summed E-state index contributed by atoms with van der Waals surface area (Å²) in [4.78, 5) is 30.3. The molecule has 144 valence electrons. The average Bonchev–Trinajstić information content (AvgIpc) is 3.41. The molecule has 28 heavy (non-hydrogen) atoms. The predicted octanol–water partition coefficient (Wildman–Crippen LogP) is 2.21. The van der Waals surface area contributed by atoms with E-state index in [0.717, 1.165) is 16.3 Å². The first kappa shape index (κ1) is 18.2. The molecule has 1 atom stereocenters. The second-order valence-corrected chi connectivity index (χ2v) is 7.08. The second-order valence-electron chi connectivity index (χ2n) is 6.21. The van der Waals surface area contributed by atoms with Crippen molar-refractivity contribution >= 4 is 39.6 Å². The number of nitrogens with zero attached hydrogens (tertiary/aromatic N) is 4. The summed E-state index contributed by atoms with van der Waals surface area (Å²) in [6, 6.07) is 8.68. The van der Waals surface area contributed by atoms with Gasteiger partial charge in [0.15, 0.2) is 4.96 Å². The Labute approximate surface area is 165 Å². The van der Waals surface area contributed by atoms with Gasteiger partial charge in [-0.2, -0.15) is 5.10 Å². The molecule has 0 aliphatic carbocycles. The molecule has 0 fully saturated rings. The molecule has 4 rings (SSSR count). The van der Waals surface area contributed by atoms with Crippen LogP contribution in [0.15, 0.2) is 53.2 Å². The van der Waals surface area contributed by atoms with E-state index >= 15 is 0 Å². The number of carbonyl (C=O) groups is 2. The number of benzene rings is 1. The molecule has 0 spiro atoms. The lowest BCUT2D eigenvalue weighted by molar-refractivity contribution is -0.135. The van der Waals surface area contributed by atoms with Crippen molar-refractivity contribution in [2.24, 2.45) is 5.10 Å². The zero-order valence-corrected chi connectivity index (χ0v) is 16.1. The standard InChI is InChI=1S/C19H19N5O3S/c1-2-27-18(26)15-10-16(24(22-15)14-6-4-3-5-7-14)17(25)20-11-13-12-23-8-9-28-19(23)21-13/h3-9,12,16H,2,10-11H2,1H3,(H,20,25)/t16-/m1/s1. The van der Waals surface area contributed by atoms with Crippen molar-refractivity contribution in [3.8, 4) is 0 Å². The van der Waals surface area contributed by atoms with Crippen LogP contribution in [0, 0.1) is 0 Å². The van der Waals surface area contributed by atoms with Crippen LogP contribution in [0.1, 0.15) is 19.0 Å². The zero-order chi connectivity index (χ0) is 19.5. The van der Waals surface area contributed by atoms with Gasteiger partial charge in [0, 0.05) is 24.2 Å². The summed E-state index contributed by atoms with van der Waals surface area (Å²) in [6.07, 6.45) is 4.00. The first-order valence-electron chi connectivity index (χ1n) is 8.93. The van der Waals surface area contributed by atoms with Crippen molar-refractivity contribution in [3.05, 3.63) is 53.8 Å². The van der Waals surface area contributed by atoms with Crippen LogP contribution in [0.2, 0.25) is 0 Å². The quantitative estimate of drug-likeness (QED) is 0.645. The number of rotatable bonds is 6. The molecule has 0 saturated carbocycles. The molecule has 1 aromatic carbocycles. The minimum atomic E-state index is -0.620. The maximum Gasteiger partial charge on any atom is 0.354 e. The van der Waals surface area contributed by atoms with Crippen LogP contribution in [0.25, 0.3) is 4.96 Å². The van der Waals surface area contributed by atoms with Crippen LogP contribution < -0.4 is 10.3 Å². The lowest BCUT2D eigenvalue weighted by Crippen LogP contribution is -2.42. The van der Waals surface area contributed by atoms with E-state index in [1.807, 2.05) is 52.5 Å². The summed E-state index contributed by atoms with van der Waals surface area (Å²) < 4.78 is 6.97. The maximum atomic E-state index is 12.9. The van der Waals surface area contributed by atoms with Gasteiger partial charge in [0.2, 0.25) is 5.91 Å². The number of aromatic nitrogens is 2. The molecule has 1 aliphatic heterocycles. The van der Waals surface area contributed by atoms with Crippen LogP contribution in [-0.4, -0.2) is 39.6 Å². The number of hydrogen-bond donors (Lipinski definition) is 1. The minimum Gasteiger partial charge on any atom is -0.461 e.